The molecule has 1 aliphatic carbocycles. The van der Waals surface area contributed by atoms with Gasteiger partial charge in [0.1, 0.15) is 12.4 Å². The Kier molecular flexibility index (Phi) is 13.1. The fourth-order valence-corrected chi connectivity index (χ4v) is 5.40. The number of ether oxygens (including phenoxy) is 3. The third-order valence-corrected chi connectivity index (χ3v) is 7.70. The van der Waals surface area contributed by atoms with Gasteiger partial charge in [0.2, 0.25) is 0 Å². The van der Waals surface area contributed by atoms with E-state index < -0.39 is 0 Å². The highest BCUT2D eigenvalue weighted by Crippen LogP contribution is 2.33. The number of rotatable bonds is 15. The summed E-state index contributed by atoms with van der Waals surface area (Å²) in [7, 11) is 0. The molecular weight excluding hydrogens is 420 g/mol. The summed E-state index contributed by atoms with van der Waals surface area (Å²) in [5.41, 5.74) is 1.08. The van der Waals surface area contributed by atoms with Crippen molar-refractivity contribution in [2.24, 2.45) is 17.8 Å². The minimum Gasteiger partial charge on any atom is -0.490 e. The van der Waals surface area contributed by atoms with Crippen LogP contribution in [0.5, 0.6) is 5.75 Å². The number of allylic oxidation sites excluding steroid dienone is 1. The van der Waals surface area contributed by atoms with Gasteiger partial charge in [-0.3, -0.25) is 0 Å². The van der Waals surface area contributed by atoms with Crippen molar-refractivity contribution in [1.29, 1.82) is 0 Å². The van der Waals surface area contributed by atoms with Gasteiger partial charge in [-0.15, -0.1) is 0 Å². The van der Waals surface area contributed by atoms with E-state index in [4.69, 9.17) is 14.2 Å². The first-order valence-corrected chi connectivity index (χ1v) is 14.4. The predicted octanol–water partition coefficient (Wildman–Crippen LogP) is 9.03. The first kappa shape index (κ1) is 27.3. The first-order chi connectivity index (χ1) is 16.8. The lowest BCUT2D eigenvalue weighted by atomic mass is 9.79. The molecule has 1 aromatic carbocycles. The van der Waals surface area contributed by atoms with Gasteiger partial charge in [-0.1, -0.05) is 95.9 Å². The molecule has 1 saturated heterocycles. The Bertz CT molecular complexity index is 652. The predicted molar refractivity (Wildman–Crippen MR) is 142 cm³/mol. The van der Waals surface area contributed by atoms with E-state index in [2.05, 4.69) is 38.1 Å². The van der Waals surface area contributed by atoms with Crippen LogP contribution in [-0.2, 0) is 9.47 Å². The van der Waals surface area contributed by atoms with Crippen molar-refractivity contribution in [3.8, 4) is 5.75 Å². The van der Waals surface area contributed by atoms with E-state index in [-0.39, 0.29) is 6.29 Å². The topological polar surface area (TPSA) is 27.7 Å². The second-order valence-corrected chi connectivity index (χ2v) is 10.7. The average molecular weight is 471 g/mol. The van der Waals surface area contributed by atoms with E-state index in [9.17, 15) is 0 Å². The summed E-state index contributed by atoms with van der Waals surface area (Å²) < 4.78 is 18.0. The van der Waals surface area contributed by atoms with Gasteiger partial charge in [0.15, 0.2) is 6.29 Å². The van der Waals surface area contributed by atoms with E-state index in [1.165, 1.54) is 89.9 Å². The average Bonchev–Trinajstić information content (AvgIpc) is 2.88. The third kappa shape index (κ3) is 10.1. The molecule has 0 N–H and O–H groups in total. The molecular formula is C31H50O3. The van der Waals surface area contributed by atoms with Crippen molar-refractivity contribution in [2.75, 3.05) is 19.8 Å². The SMILES string of the molecule is CCCCCCCC1COC(c2ccc(OCC=CC3CCC(CCCCC)CC3)cc2)OC1. The number of unbranched alkanes of at least 4 members (excludes halogenated alkanes) is 6. The normalized spacial score (nSPS) is 25.6. The van der Waals surface area contributed by atoms with Gasteiger partial charge in [0.25, 0.3) is 0 Å². The molecule has 192 valence electrons. The molecule has 1 heterocycles. The molecule has 0 aromatic heterocycles. The Morgan fingerprint density at radius 3 is 2.09 bits per heavy atom. The Morgan fingerprint density at radius 1 is 0.765 bits per heavy atom. The van der Waals surface area contributed by atoms with Crippen LogP contribution in [0.15, 0.2) is 36.4 Å². The van der Waals surface area contributed by atoms with Gasteiger partial charge in [-0.05, 0) is 56.1 Å². The molecule has 0 unspecified atom stereocenters. The Morgan fingerprint density at radius 2 is 1.38 bits per heavy atom. The molecule has 2 aliphatic rings. The molecule has 1 aliphatic heterocycles. The van der Waals surface area contributed by atoms with Crippen LogP contribution in [0.25, 0.3) is 0 Å². The van der Waals surface area contributed by atoms with Crippen LogP contribution in [0, 0.1) is 17.8 Å². The maximum Gasteiger partial charge on any atom is 0.183 e. The van der Waals surface area contributed by atoms with Crippen molar-refractivity contribution in [1.82, 2.24) is 0 Å². The fraction of sp³-hybridized carbons (Fsp3) is 0.742. The van der Waals surface area contributed by atoms with Gasteiger partial charge >= 0.3 is 0 Å². The van der Waals surface area contributed by atoms with Crippen LogP contribution in [0.1, 0.15) is 116 Å². The number of benzene rings is 1. The zero-order valence-electron chi connectivity index (χ0n) is 22.0. The third-order valence-electron chi connectivity index (χ3n) is 7.70. The van der Waals surface area contributed by atoms with E-state index in [1.807, 2.05) is 12.1 Å². The molecule has 0 spiro atoms. The van der Waals surface area contributed by atoms with E-state index in [0.29, 0.717) is 12.5 Å². The summed E-state index contributed by atoms with van der Waals surface area (Å²) in [6.07, 6.45) is 23.4. The Labute approximate surface area is 209 Å². The molecule has 3 heteroatoms. The summed E-state index contributed by atoms with van der Waals surface area (Å²) >= 11 is 0. The van der Waals surface area contributed by atoms with Crippen LogP contribution in [0.3, 0.4) is 0 Å². The van der Waals surface area contributed by atoms with E-state index in [0.717, 1.165) is 36.4 Å². The highest BCUT2D eigenvalue weighted by molar-refractivity contribution is 5.28. The van der Waals surface area contributed by atoms with Crippen LogP contribution < -0.4 is 4.74 Å². The lowest BCUT2D eigenvalue weighted by Gasteiger charge is -2.29. The number of hydrogen-bond acceptors (Lipinski definition) is 3. The highest BCUT2D eigenvalue weighted by Gasteiger charge is 2.23. The molecule has 34 heavy (non-hydrogen) atoms. The molecule has 3 rings (SSSR count). The zero-order chi connectivity index (χ0) is 23.8. The van der Waals surface area contributed by atoms with E-state index in [1.54, 1.807) is 0 Å². The fourth-order valence-electron chi connectivity index (χ4n) is 5.40. The van der Waals surface area contributed by atoms with Gasteiger partial charge in [-0.2, -0.15) is 0 Å². The van der Waals surface area contributed by atoms with Crippen LogP contribution in [0.4, 0.5) is 0 Å². The summed E-state index contributed by atoms with van der Waals surface area (Å²) in [5, 5.41) is 0. The second-order valence-electron chi connectivity index (χ2n) is 10.7. The molecule has 1 aromatic rings. The Balaban J connectivity index is 1.27. The largest absolute Gasteiger partial charge is 0.490 e. The molecule has 0 atom stereocenters. The van der Waals surface area contributed by atoms with Crippen molar-refractivity contribution in [3.63, 3.8) is 0 Å². The van der Waals surface area contributed by atoms with Crippen molar-refractivity contribution in [3.05, 3.63) is 42.0 Å². The lowest BCUT2D eigenvalue weighted by Crippen LogP contribution is -2.27. The highest BCUT2D eigenvalue weighted by atomic mass is 16.7. The van der Waals surface area contributed by atoms with Gasteiger partial charge in [0.05, 0.1) is 13.2 Å². The minimum absolute atomic E-state index is 0.234. The monoisotopic (exact) mass is 470 g/mol. The minimum atomic E-state index is -0.234. The van der Waals surface area contributed by atoms with E-state index >= 15 is 0 Å². The van der Waals surface area contributed by atoms with Crippen LogP contribution in [0.2, 0.25) is 0 Å². The molecule has 1 saturated carbocycles. The zero-order valence-corrected chi connectivity index (χ0v) is 22.0. The summed E-state index contributed by atoms with van der Waals surface area (Å²) in [6, 6.07) is 8.23. The van der Waals surface area contributed by atoms with Crippen molar-refractivity contribution < 1.29 is 14.2 Å². The lowest BCUT2D eigenvalue weighted by molar-refractivity contribution is -0.206. The quantitative estimate of drug-likeness (QED) is 0.189. The molecule has 0 radical (unpaired) electrons. The van der Waals surface area contributed by atoms with Crippen molar-refractivity contribution >= 4 is 0 Å². The Hall–Kier alpha value is -1.32. The standard InChI is InChI=1S/C31H50O3/c1-3-5-7-8-10-13-28-24-33-31(34-25-28)29-19-21-30(22-20-29)32-23-11-14-27-17-15-26(16-18-27)12-9-6-4-2/h11,14,19-22,26-28,31H,3-10,12-13,15-18,23-25H2,1-2H3. The van der Waals surface area contributed by atoms with Crippen LogP contribution >= 0.6 is 0 Å². The molecule has 0 bridgehead atoms. The number of hydrogen-bond donors (Lipinski definition) is 0. The smallest absolute Gasteiger partial charge is 0.183 e. The van der Waals surface area contributed by atoms with Crippen LogP contribution in [-0.4, -0.2) is 19.8 Å². The summed E-state index contributed by atoms with van der Waals surface area (Å²) in [4.78, 5) is 0. The molecule has 3 nitrogen and oxygen atoms in total. The summed E-state index contributed by atoms with van der Waals surface area (Å²) in [6.45, 7) is 6.82. The molecule has 0 amide bonds. The maximum absolute atomic E-state index is 6.02. The van der Waals surface area contributed by atoms with Gasteiger partial charge < -0.3 is 14.2 Å². The summed E-state index contributed by atoms with van der Waals surface area (Å²) in [5.74, 6) is 3.18. The molecule has 2 fully saturated rings. The second kappa shape index (κ2) is 16.4. The first-order valence-electron chi connectivity index (χ1n) is 14.4. The van der Waals surface area contributed by atoms with Crippen molar-refractivity contribution in [2.45, 2.75) is 110 Å². The maximum atomic E-state index is 6.02. The van der Waals surface area contributed by atoms with Gasteiger partial charge in [-0.25, -0.2) is 0 Å². The van der Waals surface area contributed by atoms with Gasteiger partial charge in [0, 0.05) is 11.5 Å².